The van der Waals surface area contributed by atoms with E-state index in [4.69, 9.17) is 4.74 Å². The van der Waals surface area contributed by atoms with Gasteiger partial charge in [0.05, 0.1) is 13.0 Å². The maximum atomic E-state index is 11.6. The lowest BCUT2D eigenvalue weighted by Crippen LogP contribution is -2.13. The summed E-state index contributed by atoms with van der Waals surface area (Å²) < 4.78 is 4.79. The molecular formula is C13H22O3. The van der Waals surface area contributed by atoms with Crippen LogP contribution in [0.25, 0.3) is 0 Å². The Morgan fingerprint density at radius 3 is 2.44 bits per heavy atom. The highest BCUT2D eigenvalue weighted by Crippen LogP contribution is 2.26. The predicted octanol–water partition coefficient (Wildman–Crippen LogP) is 2.87. The summed E-state index contributed by atoms with van der Waals surface area (Å²) in [4.78, 5) is 22.7. The molecule has 1 fully saturated rings. The third-order valence-corrected chi connectivity index (χ3v) is 3.15. The lowest BCUT2D eigenvalue weighted by Gasteiger charge is -2.20. The van der Waals surface area contributed by atoms with Crippen molar-refractivity contribution in [3.63, 3.8) is 0 Å². The zero-order valence-corrected chi connectivity index (χ0v) is 10.2. The molecule has 0 N–H and O–H groups in total. The molecule has 0 unspecified atom stereocenters. The fourth-order valence-corrected chi connectivity index (χ4v) is 2.29. The zero-order valence-electron chi connectivity index (χ0n) is 10.2. The quantitative estimate of drug-likeness (QED) is 0.654. The summed E-state index contributed by atoms with van der Waals surface area (Å²) in [5.41, 5.74) is 0. The molecule has 0 bridgehead atoms. The average molecular weight is 226 g/mol. The highest BCUT2D eigenvalue weighted by molar-refractivity contribution is 5.83. The molecule has 3 nitrogen and oxygen atoms in total. The summed E-state index contributed by atoms with van der Waals surface area (Å²) in [7, 11) is 0. The van der Waals surface area contributed by atoms with Crippen LogP contribution in [0, 0.1) is 5.92 Å². The second-order valence-electron chi connectivity index (χ2n) is 4.55. The second-order valence-corrected chi connectivity index (χ2v) is 4.55. The number of rotatable bonds is 6. The Kier molecular flexibility index (Phi) is 6.12. The molecule has 1 rings (SSSR count). The summed E-state index contributed by atoms with van der Waals surface area (Å²) in [6.07, 6.45) is 7.48. The molecule has 0 aromatic heterocycles. The number of hydrogen-bond acceptors (Lipinski definition) is 3. The smallest absolute Gasteiger partial charge is 0.306 e. The summed E-state index contributed by atoms with van der Waals surface area (Å²) in [6, 6.07) is 0. The van der Waals surface area contributed by atoms with E-state index in [1.54, 1.807) is 6.92 Å². The summed E-state index contributed by atoms with van der Waals surface area (Å²) in [5, 5.41) is 0. The third-order valence-electron chi connectivity index (χ3n) is 3.15. The van der Waals surface area contributed by atoms with Gasteiger partial charge in [0.25, 0.3) is 0 Å². The van der Waals surface area contributed by atoms with Gasteiger partial charge in [-0.25, -0.2) is 0 Å². The average Bonchev–Trinajstić information content (AvgIpc) is 2.28. The number of Topliss-reactive ketones (excluding diaryl/α,β-unsaturated/α-hetero) is 1. The molecule has 0 amide bonds. The van der Waals surface area contributed by atoms with Crippen molar-refractivity contribution < 1.29 is 14.3 Å². The van der Waals surface area contributed by atoms with E-state index in [-0.39, 0.29) is 18.2 Å². The van der Waals surface area contributed by atoms with Crippen LogP contribution in [0.3, 0.4) is 0 Å². The molecule has 0 aliphatic heterocycles. The van der Waals surface area contributed by atoms with Gasteiger partial charge in [-0.15, -0.1) is 0 Å². The van der Waals surface area contributed by atoms with E-state index in [0.29, 0.717) is 25.4 Å². The number of ketones is 1. The Morgan fingerprint density at radius 1 is 1.12 bits per heavy atom. The minimum absolute atomic E-state index is 0.222. The van der Waals surface area contributed by atoms with Gasteiger partial charge in [-0.05, 0) is 12.8 Å². The summed E-state index contributed by atoms with van der Waals surface area (Å²) in [6.45, 7) is 2.18. The van der Waals surface area contributed by atoms with Crippen LogP contribution in [0.15, 0.2) is 0 Å². The number of ether oxygens (including phenoxy) is 1. The van der Waals surface area contributed by atoms with Crippen molar-refractivity contribution in [2.45, 2.75) is 58.3 Å². The van der Waals surface area contributed by atoms with E-state index in [2.05, 4.69) is 0 Å². The van der Waals surface area contributed by atoms with Crippen molar-refractivity contribution in [1.29, 1.82) is 0 Å². The first-order valence-corrected chi connectivity index (χ1v) is 6.39. The largest absolute Gasteiger partial charge is 0.466 e. The Labute approximate surface area is 97.5 Å². The van der Waals surface area contributed by atoms with Gasteiger partial charge >= 0.3 is 5.97 Å². The fourth-order valence-electron chi connectivity index (χ4n) is 2.29. The SMILES string of the molecule is CCOC(=O)CCC(=O)CC1CCCCC1. The van der Waals surface area contributed by atoms with E-state index < -0.39 is 0 Å². The van der Waals surface area contributed by atoms with Gasteiger partial charge in [-0.2, -0.15) is 0 Å². The molecule has 0 aromatic rings. The molecule has 3 heteroatoms. The Balaban J connectivity index is 2.12. The molecule has 0 radical (unpaired) electrons. The van der Waals surface area contributed by atoms with E-state index in [1.807, 2.05) is 0 Å². The van der Waals surface area contributed by atoms with E-state index >= 15 is 0 Å². The first kappa shape index (κ1) is 13.2. The van der Waals surface area contributed by atoms with Gasteiger partial charge < -0.3 is 4.74 Å². The van der Waals surface area contributed by atoms with Crippen molar-refractivity contribution in [2.75, 3.05) is 6.61 Å². The van der Waals surface area contributed by atoms with Crippen molar-refractivity contribution in [3.05, 3.63) is 0 Å². The van der Waals surface area contributed by atoms with Gasteiger partial charge in [0, 0.05) is 12.8 Å². The number of hydrogen-bond donors (Lipinski definition) is 0. The lowest BCUT2D eigenvalue weighted by molar-refractivity contribution is -0.144. The Hall–Kier alpha value is -0.860. The number of esters is 1. The Morgan fingerprint density at radius 2 is 1.81 bits per heavy atom. The predicted molar refractivity (Wildman–Crippen MR) is 62.1 cm³/mol. The van der Waals surface area contributed by atoms with Gasteiger partial charge in [-0.1, -0.05) is 32.1 Å². The van der Waals surface area contributed by atoms with E-state index in [0.717, 1.165) is 0 Å². The van der Waals surface area contributed by atoms with Crippen molar-refractivity contribution >= 4 is 11.8 Å². The highest BCUT2D eigenvalue weighted by atomic mass is 16.5. The summed E-state index contributed by atoms with van der Waals surface area (Å²) >= 11 is 0. The lowest BCUT2D eigenvalue weighted by atomic mass is 9.85. The van der Waals surface area contributed by atoms with Crippen LogP contribution in [0.5, 0.6) is 0 Å². The highest BCUT2D eigenvalue weighted by Gasteiger charge is 2.17. The van der Waals surface area contributed by atoms with Crippen molar-refractivity contribution in [1.82, 2.24) is 0 Å². The van der Waals surface area contributed by atoms with Crippen molar-refractivity contribution in [3.8, 4) is 0 Å². The molecule has 0 saturated heterocycles. The second kappa shape index (κ2) is 7.42. The van der Waals surface area contributed by atoms with E-state index in [1.165, 1.54) is 32.1 Å². The van der Waals surface area contributed by atoms with Crippen LogP contribution in [-0.4, -0.2) is 18.4 Å². The maximum Gasteiger partial charge on any atom is 0.306 e. The molecule has 16 heavy (non-hydrogen) atoms. The molecule has 1 aliphatic rings. The minimum atomic E-state index is -0.250. The molecule has 0 spiro atoms. The molecule has 92 valence electrons. The molecular weight excluding hydrogens is 204 g/mol. The first-order valence-electron chi connectivity index (χ1n) is 6.39. The maximum absolute atomic E-state index is 11.6. The summed E-state index contributed by atoms with van der Waals surface area (Å²) in [5.74, 6) is 0.544. The van der Waals surface area contributed by atoms with Crippen molar-refractivity contribution in [2.24, 2.45) is 5.92 Å². The fraction of sp³-hybridized carbons (Fsp3) is 0.846. The molecule has 1 saturated carbocycles. The van der Waals surface area contributed by atoms with Crippen LogP contribution < -0.4 is 0 Å². The van der Waals surface area contributed by atoms with Gasteiger partial charge in [0.15, 0.2) is 0 Å². The standard InChI is InChI=1S/C13H22O3/c1-2-16-13(15)9-8-12(14)10-11-6-4-3-5-7-11/h11H,2-10H2,1H3. The minimum Gasteiger partial charge on any atom is -0.466 e. The molecule has 0 heterocycles. The third kappa shape index (κ3) is 5.29. The number of carbonyl (C=O) groups excluding carboxylic acids is 2. The molecule has 0 aromatic carbocycles. The molecule has 0 atom stereocenters. The van der Waals surface area contributed by atoms with Crippen LogP contribution in [-0.2, 0) is 14.3 Å². The van der Waals surface area contributed by atoms with Crippen LogP contribution in [0.1, 0.15) is 58.3 Å². The Bertz CT molecular complexity index is 229. The van der Waals surface area contributed by atoms with Crippen LogP contribution >= 0.6 is 0 Å². The zero-order chi connectivity index (χ0) is 11.8. The number of carbonyl (C=O) groups is 2. The topological polar surface area (TPSA) is 43.4 Å². The van der Waals surface area contributed by atoms with Crippen LogP contribution in [0.2, 0.25) is 0 Å². The molecule has 1 aliphatic carbocycles. The van der Waals surface area contributed by atoms with Gasteiger partial charge in [0.1, 0.15) is 5.78 Å². The van der Waals surface area contributed by atoms with Gasteiger partial charge in [0.2, 0.25) is 0 Å². The van der Waals surface area contributed by atoms with Gasteiger partial charge in [-0.3, -0.25) is 9.59 Å². The normalized spacial score (nSPS) is 17.1. The van der Waals surface area contributed by atoms with E-state index in [9.17, 15) is 9.59 Å². The van der Waals surface area contributed by atoms with Crippen LogP contribution in [0.4, 0.5) is 0 Å². The first-order chi connectivity index (χ1) is 7.72. The monoisotopic (exact) mass is 226 g/mol.